The summed E-state index contributed by atoms with van der Waals surface area (Å²) in [4.78, 5) is 24.5. The molecule has 1 fully saturated rings. The Morgan fingerprint density at radius 3 is 2.26 bits per heavy atom. The van der Waals surface area contributed by atoms with Crippen molar-refractivity contribution in [1.82, 2.24) is 5.32 Å². The average Bonchev–Trinajstić information content (AvgIpc) is 3.01. The Kier molecular flexibility index (Phi) is 5.03. The zero-order valence-electron chi connectivity index (χ0n) is 15.1. The van der Waals surface area contributed by atoms with E-state index in [0.29, 0.717) is 28.4 Å². The lowest BCUT2D eigenvalue weighted by molar-refractivity contribution is -0.133. The molecular weight excluding hydrogens is 350 g/mol. The van der Waals surface area contributed by atoms with E-state index in [1.165, 1.54) is 27.4 Å². The van der Waals surface area contributed by atoms with Crippen molar-refractivity contribution in [2.45, 2.75) is 6.04 Å². The summed E-state index contributed by atoms with van der Waals surface area (Å²) in [6.45, 7) is 0. The molecular formula is C20H19NO6. The summed E-state index contributed by atoms with van der Waals surface area (Å²) in [6, 6.07) is 10.9. The summed E-state index contributed by atoms with van der Waals surface area (Å²) in [5.41, 5.74) is 0.852. The van der Waals surface area contributed by atoms with Gasteiger partial charge in [0, 0.05) is 11.1 Å². The van der Waals surface area contributed by atoms with Crippen LogP contribution in [-0.4, -0.2) is 38.1 Å². The summed E-state index contributed by atoms with van der Waals surface area (Å²) in [5.74, 6) is -0.524. The molecule has 2 aromatic carbocycles. The third-order valence-electron chi connectivity index (χ3n) is 4.38. The van der Waals surface area contributed by atoms with Crippen molar-refractivity contribution in [3.8, 4) is 17.2 Å². The molecule has 1 unspecified atom stereocenters. The highest BCUT2D eigenvalue weighted by Crippen LogP contribution is 2.38. The highest BCUT2D eigenvalue weighted by molar-refractivity contribution is 6.46. The van der Waals surface area contributed by atoms with Gasteiger partial charge in [-0.15, -0.1) is 0 Å². The van der Waals surface area contributed by atoms with Crippen LogP contribution in [0.4, 0.5) is 0 Å². The normalized spacial score (nSPS) is 18.1. The number of hydrogen-bond acceptors (Lipinski definition) is 6. The van der Waals surface area contributed by atoms with E-state index >= 15 is 0 Å². The van der Waals surface area contributed by atoms with Gasteiger partial charge in [-0.25, -0.2) is 0 Å². The quantitative estimate of drug-likeness (QED) is 0.478. The fraction of sp³-hybridized carbons (Fsp3) is 0.200. The first kappa shape index (κ1) is 18.3. The number of hydrogen-bond donors (Lipinski definition) is 2. The molecule has 0 bridgehead atoms. The van der Waals surface area contributed by atoms with Gasteiger partial charge in [-0.2, -0.15) is 0 Å². The Bertz CT molecular complexity index is 934. The van der Waals surface area contributed by atoms with Gasteiger partial charge in [0.2, 0.25) is 0 Å². The molecule has 1 saturated heterocycles. The minimum atomic E-state index is -0.825. The Hall–Kier alpha value is -3.48. The van der Waals surface area contributed by atoms with Crippen molar-refractivity contribution >= 4 is 17.4 Å². The Balaban J connectivity index is 2.15. The first-order chi connectivity index (χ1) is 13.0. The van der Waals surface area contributed by atoms with Crippen LogP contribution < -0.4 is 19.5 Å². The number of rotatable bonds is 5. The maximum Gasteiger partial charge on any atom is 0.293 e. The van der Waals surface area contributed by atoms with Crippen LogP contribution in [0.25, 0.3) is 5.76 Å². The van der Waals surface area contributed by atoms with Gasteiger partial charge in [0.1, 0.15) is 11.5 Å². The van der Waals surface area contributed by atoms with Crippen LogP contribution in [0.1, 0.15) is 17.2 Å². The van der Waals surface area contributed by atoms with E-state index in [1.807, 2.05) is 0 Å². The van der Waals surface area contributed by atoms with Gasteiger partial charge < -0.3 is 24.6 Å². The fourth-order valence-electron chi connectivity index (χ4n) is 3.04. The van der Waals surface area contributed by atoms with E-state index in [0.717, 1.165) is 0 Å². The minimum absolute atomic E-state index is 0.0447. The standard InChI is InChI=1S/C20H19NO6/c1-25-13-7-5-4-6-12(13)17-16(19(23)20(24)21-17)18(22)11-8-9-14(26-2)15(10-11)27-3/h4-10,17,22H,1-3H3,(H,21,24). The largest absolute Gasteiger partial charge is 0.507 e. The number of carbonyl (C=O) groups is 2. The maximum atomic E-state index is 12.5. The Labute approximate surface area is 156 Å². The number of methoxy groups -OCH3 is 3. The molecule has 1 aliphatic heterocycles. The van der Waals surface area contributed by atoms with Crippen molar-refractivity contribution in [3.63, 3.8) is 0 Å². The molecule has 3 rings (SSSR count). The smallest absolute Gasteiger partial charge is 0.293 e. The summed E-state index contributed by atoms with van der Waals surface area (Å²) >= 11 is 0. The summed E-state index contributed by atoms with van der Waals surface area (Å²) < 4.78 is 15.7. The summed E-state index contributed by atoms with van der Waals surface area (Å²) in [7, 11) is 4.46. The molecule has 27 heavy (non-hydrogen) atoms. The van der Waals surface area contributed by atoms with Gasteiger partial charge in [0.05, 0.1) is 32.9 Å². The van der Waals surface area contributed by atoms with Gasteiger partial charge in [-0.05, 0) is 24.3 Å². The molecule has 0 aliphatic carbocycles. The second kappa shape index (κ2) is 7.41. The van der Waals surface area contributed by atoms with Crippen LogP contribution in [0.5, 0.6) is 17.2 Å². The van der Waals surface area contributed by atoms with Crippen LogP contribution in [-0.2, 0) is 9.59 Å². The number of ether oxygens (including phenoxy) is 3. The predicted octanol–water partition coefficient (Wildman–Crippen LogP) is 2.42. The lowest BCUT2D eigenvalue weighted by Crippen LogP contribution is -2.21. The Morgan fingerprint density at radius 1 is 0.926 bits per heavy atom. The van der Waals surface area contributed by atoms with E-state index in [2.05, 4.69) is 5.32 Å². The number of ketones is 1. The molecule has 1 heterocycles. The van der Waals surface area contributed by atoms with Crippen LogP contribution in [0.15, 0.2) is 48.0 Å². The first-order valence-corrected chi connectivity index (χ1v) is 8.15. The molecule has 2 N–H and O–H groups in total. The summed E-state index contributed by atoms with van der Waals surface area (Å²) in [5, 5.41) is 13.4. The minimum Gasteiger partial charge on any atom is -0.507 e. The fourth-order valence-corrected chi connectivity index (χ4v) is 3.04. The lowest BCUT2D eigenvalue weighted by Gasteiger charge is -2.17. The number of para-hydroxylation sites is 1. The number of amides is 1. The molecule has 1 aliphatic rings. The highest BCUT2D eigenvalue weighted by Gasteiger charge is 2.40. The molecule has 0 saturated carbocycles. The van der Waals surface area contributed by atoms with Gasteiger partial charge in [-0.1, -0.05) is 18.2 Å². The maximum absolute atomic E-state index is 12.5. The third kappa shape index (κ3) is 3.19. The molecule has 7 heteroatoms. The third-order valence-corrected chi connectivity index (χ3v) is 4.38. The molecule has 0 radical (unpaired) electrons. The van der Waals surface area contributed by atoms with Crippen molar-refractivity contribution < 1.29 is 28.9 Å². The zero-order valence-corrected chi connectivity index (χ0v) is 15.1. The Morgan fingerprint density at radius 2 is 1.59 bits per heavy atom. The van der Waals surface area contributed by atoms with E-state index < -0.39 is 17.7 Å². The number of benzene rings is 2. The molecule has 1 amide bonds. The average molecular weight is 369 g/mol. The number of aliphatic hydroxyl groups is 1. The van der Waals surface area contributed by atoms with E-state index in [4.69, 9.17) is 14.2 Å². The van der Waals surface area contributed by atoms with Crippen molar-refractivity contribution in [2.24, 2.45) is 0 Å². The number of Topliss-reactive ketones (excluding diaryl/α,β-unsaturated/α-hetero) is 1. The summed E-state index contributed by atoms with van der Waals surface area (Å²) in [6.07, 6.45) is 0. The molecule has 0 aromatic heterocycles. The van der Waals surface area contributed by atoms with E-state index in [9.17, 15) is 14.7 Å². The van der Waals surface area contributed by atoms with Crippen molar-refractivity contribution in [3.05, 3.63) is 59.2 Å². The SMILES string of the molecule is COc1ccc(C(O)=C2C(=O)C(=O)NC2c2ccccc2OC)cc1OC. The second-order valence-corrected chi connectivity index (χ2v) is 5.81. The van der Waals surface area contributed by atoms with E-state index in [-0.39, 0.29) is 11.3 Å². The topological polar surface area (TPSA) is 94.1 Å². The van der Waals surface area contributed by atoms with Crippen molar-refractivity contribution in [1.29, 1.82) is 0 Å². The van der Waals surface area contributed by atoms with Gasteiger partial charge in [0.15, 0.2) is 11.5 Å². The number of aliphatic hydroxyl groups excluding tert-OH is 1. The van der Waals surface area contributed by atoms with Gasteiger partial charge >= 0.3 is 0 Å². The molecule has 140 valence electrons. The highest BCUT2D eigenvalue weighted by atomic mass is 16.5. The van der Waals surface area contributed by atoms with Crippen molar-refractivity contribution in [2.75, 3.05) is 21.3 Å². The second-order valence-electron chi connectivity index (χ2n) is 5.81. The number of nitrogens with one attached hydrogen (secondary N) is 1. The van der Waals surface area contributed by atoms with Crippen LogP contribution in [0, 0.1) is 0 Å². The molecule has 2 aromatic rings. The number of carbonyl (C=O) groups excluding carboxylic acids is 2. The van der Waals surface area contributed by atoms with Crippen LogP contribution >= 0.6 is 0 Å². The van der Waals surface area contributed by atoms with Gasteiger partial charge in [-0.3, -0.25) is 9.59 Å². The molecule has 7 nitrogen and oxygen atoms in total. The van der Waals surface area contributed by atoms with Gasteiger partial charge in [0.25, 0.3) is 11.7 Å². The van der Waals surface area contributed by atoms with Crippen LogP contribution in [0.2, 0.25) is 0 Å². The van der Waals surface area contributed by atoms with E-state index in [1.54, 1.807) is 36.4 Å². The van der Waals surface area contributed by atoms with Crippen LogP contribution in [0.3, 0.4) is 0 Å². The lowest BCUT2D eigenvalue weighted by atomic mass is 9.95. The predicted molar refractivity (Wildman–Crippen MR) is 98.0 cm³/mol. The monoisotopic (exact) mass is 369 g/mol. The zero-order chi connectivity index (χ0) is 19.6. The molecule has 0 spiro atoms. The first-order valence-electron chi connectivity index (χ1n) is 8.15. The molecule has 1 atom stereocenters.